The van der Waals surface area contributed by atoms with Gasteiger partial charge in [0.05, 0.1) is 17.9 Å². The molecular formula is C12H20N4. The van der Waals surface area contributed by atoms with Gasteiger partial charge in [-0.1, -0.05) is 0 Å². The van der Waals surface area contributed by atoms with Crippen LogP contribution in [-0.2, 0) is 6.54 Å². The van der Waals surface area contributed by atoms with Crippen LogP contribution in [0.25, 0.3) is 0 Å². The molecule has 1 fully saturated rings. The number of aromatic nitrogens is 2. The average Bonchev–Trinajstić information content (AvgIpc) is 2.84. The first kappa shape index (κ1) is 10.3. The largest absolute Gasteiger partial charge is 0.329 e. The molecule has 2 atom stereocenters. The summed E-state index contributed by atoms with van der Waals surface area (Å²) in [7, 11) is 2.20. The Bertz CT molecular complexity index is 384. The second-order valence-corrected chi connectivity index (χ2v) is 5.08. The highest BCUT2D eigenvalue weighted by atomic mass is 15.2. The van der Waals surface area contributed by atoms with Gasteiger partial charge in [0.25, 0.3) is 0 Å². The van der Waals surface area contributed by atoms with Crippen LogP contribution in [0.15, 0.2) is 6.20 Å². The first-order chi connectivity index (χ1) is 7.77. The van der Waals surface area contributed by atoms with Gasteiger partial charge in [-0.3, -0.25) is 4.90 Å². The van der Waals surface area contributed by atoms with Gasteiger partial charge < -0.3 is 10.3 Å². The third-order valence-electron chi connectivity index (χ3n) is 4.01. The molecule has 16 heavy (non-hydrogen) atoms. The van der Waals surface area contributed by atoms with Crippen molar-refractivity contribution in [1.82, 2.24) is 14.5 Å². The molecule has 0 aliphatic carbocycles. The van der Waals surface area contributed by atoms with Crippen molar-refractivity contribution in [3.8, 4) is 0 Å². The SMILES string of the molecule is CN1CCCC1c1ncc2n1CCCC2N. The van der Waals surface area contributed by atoms with Crippen molar-refractivity contribution < 1.29 is 0 Å². The maximum Gasteiger partial charge on any atom is 0.126 e. The average molecular weight is 220 g/mol. The molecule has 2 unspecified atom stereocenters. The predicted octanol–water partition coefficient (Wildman–Crippen LogP) is 1.44. The topological polar surface area (TPSA) is 47.1 Å². The number of imidazole rings is 1. The van der Waals surface area contributed by atoms with Crippen molar-refractivity contribution in [3.05, 3.63) is 17.7 Å². The monoisotopic (exact) mass is 220 g/mol. The van der Waals surface area contributed by atoms with Crippen molar-refractivity contribution >= 4 is 0 Å². The van der Waals surface area contributed by atoms with Gasteiger partial charge in [-0.15, -0.1) is 0 Å². The summed E-state index contributed by atoms with van der Waals surface area (Å²) in [5.74, 6) is 1.24. The maximum absolute atomic E-state index is 6.12. The molecule has 1 saturated heterocycles. The zero-order valence-corrected chi connectivity index (χ0v) is 9.89. The lowest BCUT2D eigenvalue weighted by Gasteiger charge is -2.25. The molecule has 4 nitrogen and oxygen atoms in total. The summed E-state index contributed by atoms with van der Waals surface area (Å²) in [5.41, 5.74) is 7.36. The van der Waals surface area contributed by atoms with Crippen LogP contribution in [0.2, 0.25) is 0 Å². The number of hydrogen-bond donors (Lipinski definition) is 1. The second kappa shape index (κ2) is 3.86. The predicted molar refractivity (Wildman–Crippen MR) is 63.0 cm³/mol. The van der Waals surface area contributed by atoms with E-state index >= 15 is 0 Å². The fraction of sp³-hybridized carbons (Fsp3) is 0.750. The molecule has 0 saturated carbocycles. The molecule has 3 heterocycles. The Kier molecular flexibility index (Phi) is 2.48. The Morgan fingerprint density at radius 3 is 2.88 bits per heavy atom. The van der Waals surface area contributed by atoms with Crippen LogP contribution in [0.3, 0.4) is 0 Å². The molecule has 3 rings (SSSR count). The second-order valence-electron chi connectivity index (χ2n) is 5.08. The Morgan fingerprint density at radius 1 is 1.31 bits per heavy atom. The quantitative estimate of drug-likeness (QED) is 0.779. The van der Waals surface area contributed by atoms with Crippen LogP contribution in [0, 0.1) is 0 Å². The highest BCUT2D eigenvalue weighted by Gasteiger charge is 2.29. The summed E-state index contributed by atoms with van der Waals surface area (Å²) in [6.07, 6.45) is 6.81. The van der Waals surface area contributed by atoms with Gasteiger partial charge in [0.1, 0.15) is 5.82 Å². The molecule has 2 aliphatic heterocycles. The Balaban J connectivity index is 1.96. The van der Waals surface area contributed by atoms with Crippen LogP contribution in [-0.4, -0.2) is 28.0 Å². The van der Waals surface area contributed by atoms with E-state index < -0.39 is 0 Å². The van der Waals surface area contributed by atoms with Crippen LogP contribution in [0.1, 0.15) is 49.3 Å². The lowest BCUT2D eigenvalue weighted by molar-refractivity contribution is 0.292. The van der Waals surface area contributed by atoms with E-state index in [1.807, 2.05) is 6.20 Å². The third kappa shape index (κ3) is 1.48. The van der Waals surface area contributed by atoms with Crippen molar-refractivity contribution in [2.24, 2.45) is 5.73 Å². The van der Waals surface area contributed by atoms with Crippen molar-refractivity contribution in [2.45, 2.75) is 44.3 Å². The van der Waals surface area contributed by atoms with Gasteiger partial charge in [-0.05, 0) is 39.3 Å². The molecule has 0 radical (unpaired) electrons. The molecule has 0 aromatic carbocycles. The number of hydrogen-bond acceptors (Lipinski definition) is 3. The molecule has 4 heteroatoms. The fourth-order valence-corrected chi connectivity index (χ4v) is 3.06. The van der Waals surface area contributed by atoms with Gasteiger partial charge in [-0.2, -0.15) is 0 Å². The van der Waals surface area contributed by atoms with Crippen LogP contribution < -0.4 is 5.73 Å². The van der Waals surface area contributed by atoms with E-state index in [0.29, 0.717) is 6.04 Å². The summed E-state index contributed by atoms with van der Waals surface area (Å²) >= 11 is 0. The number of fused-ring (bicyclic) bond motifs is 1. The minimum atomic E-state index is 0.196. The molecule has 88 valence electrons. The van der Waals surface area contributed by atoms with E-state index in [4.69, 9.17) is 5.73 Å². The van der Waals surface area contributed by atoms with Crippen molar-refractivity contribution in [3.63, 3.8) is 0 Å². The Morgan fingerprint density at radius 2 is 2.12 bits per heavy atom. The summed E-state index contributed by atoms with van der Waals surface area (Å²) in [4.78, 5) is 7.03. The highest BCUT2D eigenvalue weighted by Crippen LogP contribution is 2.33. The van der Waals surface area contributed by atoms with Gasteiger partial charge in [0.15, 0.2) is 0 Å². The number of nitrogens with zero attached hydrogens (tertiary/aromatic N) is 3. The molecule has 1 aromatic rings. The summed E-state index contributed by atoms with van der Waals surface area (Å²) in [6, 6.07) is 0.709. The fourth-order valence-electron chi connectivity index (χ4n) is 3.06. The molecular weight excluding hydrogens is 200 g/mol. The number of nitrogens with two attached hydrogens (primary N) is 1. The van der Waals surface area contributed by atoms with E-state index in [9.17, 15) is 0 Å². The molecule has 1 aromatic heterocycles. The standard InChI is InChI=1S/C12H20N4/c1-15-6-3-5-10(15)12-14-8-11-9(13)4-2-7-16(11)12/h8-10H,2-7,13H2,1H3. The maximum atomic E-state index is 6.12. The summed E-state index contributed by atoms with van der Waals surface area (Å²) < 4.78 is 2.36. The minimum absolute atomic E-state index is 0.196. The number of likely N-dealkylation sites (tertiary alicyclic amines) is 1. The lowest BCUT2D eigenvalue weighted by atomic mass is 10.1. The molecule has 0 bridgehead atoms. The van der Waals surface area contributed by atoms with Gasteiger partial charge in [0.2, 0.25) is 0 Å². The first-order valence-electron chi connectivity index (χ1n) is 6.28. The molecule has 0 amide bonds. The van der Waals surface area contributed by atoms with E-state index in [2.05, 4.69) is 21.5 Å². The first-order valence-corrected chi connectivity index (χ1v) is 6.28. The van der Waals surface area contributed by atoms with E-state index in [-0.39, 0.29) is 6.04 Å². The van der Waals surface area contributed by atoms with E-state index in [1.165, 1.54) is 37.3 Å². The van der Waals surface area contributed by atoms with Crippen LogP contribution in [0.4, 0.5) is 0 Å². The third-order valence-corrected chi connectivity index (χ3v) is 4.01. The summed E-state index contributed by atoms with van der Waals surface area (Å²) in [5, 5.41) is 0. The van der Waals surface area contributed by atoms with Gasteiger partial charge in [0, 0.05) is 12.6 Å². The van der Waals surface area contributed by atoms with E-state index in [1.54, 1.807) is 0 Å². The van der Waals surface area contributed by atoms with Crippen molar-refractivity contribution in [1.29, 1.82) is 0 Å². The molecule has 2 aliphatic rings. The lowest BCUT2D eigenvalue weighted by Crippen LogP contribution is -2.26. The summed E-state index contributed by atoms with van der Waals surface area (Å²) in [6.45, 7) is 2.29. The Hall–Kier alpha value is -0.870. The van der Waals surface area contributed by atoms with Crippen LogP contribution >= 0.6 is 0 Å². The van der Waals surface area contributed by atoms with E-state index in [0.717, 1.165) is 13.0 Å². The van der Waals surface area contributed by atoms with Crippen LogP contribution in [0.5, 0.6) is 0 Å². The molecule has 0 spiro atoms. The highest BCUT2D eigenvalue weighted by molar-refractivity contribution is 5.15. The smallest absolute Gasteiger partial charge is 0.126 e. The number of rotatable bonds is 1. The Labute approximate surface area is 96.4 Å². The normalized spacial score (nSPS) is 30.6. The zero-order chi connectivity index (χ0) is 11.1. The minimum Gasteiger partial charge on any atom is -0.329 e. The van der Waals surface area contributed by atoms with Gasteiger partial charge in [-0.25, -0.2) is 4.98 Å². The van der Waals surface area contributed by atoms with Crippen molar-refractivity contribution in [2.75, 3.05) is 13.6 Å². The molecule has 2 N–H and O–H groups in total. The zero-order valence-electron chi connectivity index (χ0n) is 9.89. The van der Waals surface area contributed by atoms with Gasteiger partial charge >= 0.3 is 0 Å².